The maximum atomic E-state index is 11.7. The molecule has 0 atom stereocenters. The Morgan fingerprint density at radius 1 is 1.38 bits per heavy atom. The fourth-order valence-electron chi connectivity index (χ4n) is 1.63. The van der Waals surface area contributed by atoms with Crippen molar-refractivity contribution in [1.29, 1.82) is 0 Å². The molecule has 0 unspecified atom stereocenters. The van der Waals surface area contributed by atoms with E-state index >= 15 is 0 Å². The maximum Gasteiger partial charge on any atom is 0.340 e. The number of hydrogen-bond donors (Lipinski definition) is 1. The molecule has 2 N–H and O–H groups in total. The van der Waals surface area contributed by atoms with Gasteiger partial charge in [0.25, 0.3) is 0 Å². The third-order valence-electron chi connectivity index (χ3n) is 2.75. The van der Waals surface area contributed by atoms with Gasteiger partial charge in [-0.2, -0.15) is 0 Å². The maximum absolute atomic E-state index is 11.7. The van der Waals surface area contributed by atoms with Crippen molar-refractivity contribution >= 4 is 39.9 Å². The molecule has 1 aromatic carbocycles. The van der Waals surface area contributed by atoms with Gasteiger partial charge in [0.1, 0.15) is 0 Å². The predicted molar refractivity (Wildman–Crippen MR) is 85.3 cm³/mol. The number of ether oxygens (including phenoxy) is 1. The monoisotopic (exact) mass is 324 g/mol. The summed E-state index contributed by atoms with van der Waals surface area (Å²) in [6.45, 7) is 1.86. The number of hydrogen-bond acceptors (Lipinski definition) is 8. The van der Waals surface area contributed by atoms with Gasteiger partial charge in [0, 0.05) is 24.7 Å². The number of aromatic nitrogens is 2. The number of rotatable bonds is 4. The van der Waals surface area contributed by atoms with Crippen LogP contribution in [0.3, 0.4) is 0 Å². The number of esters is 1. The lowest BCUT2D eigenvalue weighted by molar-refractivity contribution is 0.0601. The number of nitrogens with zero attached hydrogens (tertiary/aromatic N) is 3. The highest BCUT2D eigenvalue weighted by molar-refractivity contribution is 8.01. The summed E-state index contributed by atoms with van der Waals surface area (Å²) in [5, 5.41) is 9.04. The van der Waals surface area contributed by atoms with E-state index in [2.05, 4.69) is 10.2 Å². The van der Waals surface area contributed by atoms with E-state index in [4.69, 9.17) is 10.5 Å². The molecule has 0 radical (unpaired) electrons. The molecule has 0 amide bonds. The fraction of sp³-hybridized carbons (Fsp3) is 0.308. The van der Waals surface area contributed by atoms with Crippen LogP contribution < -0.4 is 10.6 Å². The van der Waals surface area contributed by atoms with Crippen LogP contribution in [0.1, 0.15) is 15.9 Å². The van der Waals surface area contributed by atoms with Gasteiger partial charge in [-0.3, -0.25) is 0 Å². The van der Waals surface area contributed by atoms with Gasteiger partial charge in [-0.1, -0.05) is 23.1 Å². The molecule has 0 saturated heterocycles. The quantitative estimate of drug-likeness (QED) is 0.683. The normalized spacial score (nSPS) is 10.5. The smallest absolute Gasteiger partial charge is 0.340 e. The average Bonchev–Trinajstić information content (AvgIpc) is 2.90. The summed E-state index contributed by atoms with van der Waals surface area (Å²) in [7, 11) is 5.17. The van der Waals surface area contributed by atoms with Gasteiger partial charge in [0.2, 0.25) is 5.13 Å². The van der Waals surface area contributed by atoms with Crippen LogP contribution in [0.4, 0.5) is 10.8 Å². The predicted octanol–water partition coefficient (Wildman–Crippen LogP) is 2.43. The molecule has 6 nitrogen and oxygen atoms in total. The third-order valence-corrected chi connectivity index (χ3v) is 4.86. The van der Waals surface area contributed by atoms with E-state index in [-0.39, 0.29) is 0 Å². The highest BCUT2D eigenvalue weighted by Crippen LogP contribution is 2.35. The molecule has 2 aromatic rings. The van der Waals surface area contributed by atoms with Gasteiger partial charge < -0.3 is 15.4 Å². The van der Waals surface area contributed by atoms with Gasteiger partial charge >= 0.3 is 5.97 Å². The first kappa shape index (κ1) is 15.6. The Bertz CT molecular complexity index is 670. The molecule has 2 rings (SSSR count). The van der Waals surface area contributed by atoms with Gasteiger partial charge in [0.05, 0.1) is 12.7 Å². The Morgan fingerprint density at radius 3 is 2.67 bits per heavy atom. The SMILES string of the molecule is COC(=O)c1cc(Sc2nnc(N(C)C)s2)cc(C)c1N. The Hall–Kier alpha value is -1.80. The van der Waals surface area contributed by atoms with Crippen LogP contribution in [0.2, 0.25) is 0 Å². The second kappa shape index (κ2) is 6.31. The van der Waals surface area contributed by atoms with Crippen LogP contribution in [-0.4, -0.2) is 37.4 Å². The molecule has 1 aromatic heterocycles. The van der Waals surface area contributed by atoms with Crippen LogP contribution in [-0.2, 0) is 4.74 Å². The molecular formula is C13H16N4O2S2. The minimum absolute atomic E-state index is 0.373. The van der Waals surface area contributed by atoms with E-state index in [0.717, 1.165) is 19.9 Å². The summed E-state index contributed by atoms with van der Waals surface area (Å²) in [6.07, 6.45) is 0. The number of aryl methyl sites for hydroxylation is 1. The van der Waals surface area contributed by atoms with E-state index in [0.29, 0.717) is 11.3 Å². The minimum atomic E-state index is -0.440. The van der Waals surface area contributed by atoms with Crippen LogP contribution in [0, 0.1) is 6.92 Å². The zero-order valence-electron chi connectivity index (χ0n) is 12.2. The average molecular weight is 324 g/mol. The number of benzene rings is 1. The van der Waals surface area contributed by atoms with Crippen molar-refractivity contribution in [2.75, 3.05) is 31.8 Å². The van der Waals surface area contributed by atoms with Crippen molar-refractivity contribution in [3.05, 3.63) is 23.3 Å². The number of anilines is 2. The van der Waals surface area contributed by atoms with Gasteiger partial charge in [-0.15, -0.1) is 10.2 Å². The van der Waals surface area contributed by atoms with Crippen molar-refractivity contribution in [3.8, 4) is 0 Å². The summed E-state index contributed by atoms with van der Waals surface area (Å²) in [6, 6.07) is 3.64. The van der Waals surface area contributed by atoms with E-state index in [1.807, 2.05) is 32.0 Å². The number of carbonyl (C=O) groups is 1. The molecule has 0 saturated carbocycles. The van der Waals surface area contributed by atoms with Crippen LogP contribution in [0.15, 0.2) is 21.4 Å². The Balaban J connectivity index is 2.31. The summed E-state index contributed by atoms with van der Waals surface area (Å²) >= 11 is 2.93. The molecule has 0 bridgehead atoms. The Labute approximate surface area is 131 Å². The largest absolute Gasteiger partial charge is 0.465 e. The van der Waals surface area contributed by atoms with E-state index in [9.17, 15) is 4.79 Å². The van der Waals surface area contributed by atoms with Gasteiger partial charge in [0.15, 0.2) is 4.34 Å². The first-order chi connectivity index (χ1) is 9.92. The first-order valence-electron chi connectivity index (χ1n) is 6.09. The molecule has 21 heavy (non-hydrogen) atoms. The van der Waals surface area contributed by atoms with Crippen molar-refractivity contribution in [1.82, 2.24) is 10.2 Å². The molecular weight excluding hydrogens is 308 g/mol. The van der Waals surface area contributed by atoms with E-state index in [1.165, 1.54) is 30.2 Å². The summed E-state index contributed by atoms with van der Waals surface area (Å²) < 4.78 is 5.56. The molecule has 0 aliphatic rings. The second-order valence-corrected chi connectivity index (χ2v) is 6.82. The van der Waals surface area contributed by atoms with Crippen LogP contribution in [0.5, 0.6) is 0 Å². The van der Waals surface area contributed by atoms with Crippen molar-refractivity contribution in [2.45, 2.75) is 16.2 Å². The molecule has 112 valence electrons. The summed E-state index contributed by atoms with van der Waals surface area (Å²) in [5.74, 6) is -0.440. The zero-order valence-corrected chi connectivity index (χ0v) is 13.8. The molecule has 8 heteroatoms. The zero-order chi connectivity index (χ0) is 15.6. The molecule has 0 aliphatic heterocycles. The lowest BCUT2D eigenvalue weighted by Crippen LogP contribution is -2.07. The van der Waals surface area contributed by atoms with Crippen molar-refractivity contribution in [3.63, 3.8) is 0 Å². The topological polar surface area (TPSA) is 81.3 Å². The molecule has 1 heterocycles. The summed E-state index contributed by atoms with van der Waals surface area (Å²) in [5.41, 5.74) is 7.57. The Morgan fingerprint density at radius 2 is 2.10 bits per heavy atom. The first-order valence-corrected chi connectivity index (χ1v) is 7.72. The molecule has 0 spiro atoms. The lowest BCUT2D eigenvalue weighted by Gasteiger charge is -2.09. The number of nitrogen functional groups attached to an aromatic ring is 1. The Kier molecular flexibility index (Phi) is 4.69. The fourth-order valence-corrected chi connectivity index (χ4v) is 3.51. The second-order valence-electron chi connectivity index (χ2n) is 4.54. The van der Waals surface area contributed by atoms with Crippen molar-refractivity contribution < 1.29 is 9.53 Å². The van der Waals surface area contributed by atoms with E-state index in [1.54, 1.807) is 6.07 Å². The van der Waals surface area contributed by atoms with Crippen LogP contribution >= 0.6 is 23.1 Å². The standard InChI is InChI=1S/C13H16N4O2S2/c1-7-5-8(6-9(10(7)14)11(18)19-4)20-13-16-15-12(21-13)17(2)3/h5-6H,14H2,1-4H3. The number of nitrogens with two attached hydrogens (primary N) is 1. The number of methoxy groups -OCH3 is 1. The summed E-state index contributed by atoms with van der Waals surface area (Å²) in [4.78, 5) is 14.5. The third kappa shape index (κ3) is 3.45. The van der Waals surface area contributed by atoms with Gasteiger partial charge in [-0.25, -0.2) is 4.79 Å². The van der Waals surface area contributed by atoms with Crippen molar-refractivity contribution in [2.24, 2.45) is 0 Å². The molecule has 0 aliphatic carbocycles. The van der Waals surface area contributed by atoms with Crippen LogP contribution in [0.25, 0.3) is 0 Å². The highest BCUT2D eigenvalue weighted by atomic mass is 32.2. The molecule has 0 fully saturated rings. The van der Waals surface area contributed by atoms with Gasteiger partial charge in [-0.05, 0) is 24.6 Å². The lowest BCUT2D eigenvalue weighted by atomic mass is 10.1. The highest BCUT2D eigenvalue weighted by Gasteiger charge is 2.15. The minimum Gasteiger partial charge on any atom is -0.465 e. The van der Waals surface area contributed by atoms with E-state index < -0.39 is 5.97 Å². The number of carbonyl (C=O) groups excluding carboxylic acids is 1.